The van der Waals surface area contributed by atoms with Crippen molar-refractivity contribution in [3.63, 3.8) is 0 Å². The summed E-state index contributed by atoms with van der Waals surface area (Å²) in [5.74, 6) is 1.87. The van der Waals surface area contributed by atoms with Crippen molar-refractivity contribution >= 4 is 33.2 Å². The molecule has 2 saturated carbocycles. The molecule has 2 aliphatic rings. The fraction of sp³-hybridized carbons (Fsp3) is 0.560. The summed E-state index contributed by atoms with van der Waals surface area (Å²) in [4.78, 5) is 13.9. The second-order valence-corrected chi connectivity index (χ2v) is 11.1. The Morgan fingerprint density at radius 2 is 1.72 bits per heavy atom. The number of anilines is 2. The average molecular weight is 514 g/mol. The third-order valence-corrected chi connectivity index (χ3v) is 7.74. The molecule has 5 rings (SSSR count). The molecule has 0 bridgehead atoms. The molecule has 36 heavy (non-hydrogen) atoms. The van der Waals surface area contributed by atoms with Gasteiger partial charge in [-0.05, 0) is 42.7 Å². The highest BCUT2D eigenvalue weighted by Crippen LogP contribution is 2.32. The van der Waals surface area contributed by atoms with E-state index in [1.807, 2.05) is 0 Å². The molecule has 0 spiro atoms. The van der Waals surface area contributed by atoms with Crippen molar-refractivity contribution < 1.29 is 12.6 Å². The molecule has 2 fully saturated rings. The van der Waals surface area contributed by atoms with E-state index in [1.165, 1.54) is 56.1 Å². The molecule has 0 radical (unpaired) electrons. The maximum Gasteiger partial charge on any atom is 0.333 e. The molecular formula is C25H35N7O3S. The number of nitrogens with one attached hydrogen (secondary N) is 2. The lowest BCUT2D eigenvalue weighted by Gasteiger charge is -2.22. The largest absolute Gasteiger partial charge is 0.365 e. The lowest BCUT2D eigenvalue weighted by molar-refractivity contribution is 0.302. The quantitative estimate of drug-likeness (QED) is 0.369. The molecule has 0 amide bonds. The maximum atomic E-state index is 11.1. The summed E-state index contributed by atoms with van der Waals surface area (Å²) < 4.78 is 28.7. The first-order valence-corrected chi connectivity index (χ1v) is 14.4. The Balaban J connectivity index is 1.33. The van der Waals surface area contributed by atoms with Gasteiger partial charge in [0.15, 0.2) is 17.0 Å². The first kappa shape index (κ1) is 24.9. The number of rotatable bonds is 10. The molecule has 0 atom stereocenters. The minimum atomic E-state index is -4.00. The highest BCUT2D eigenvalue weighted by atomic mass is 32.2. The molecule has 11 heteroatoms. The maximum absolute atomic E-state index is 11.1. The second kappa shape index (κ2) is 11.1. The Bertz CT molecular complexity index is 1260. The number of imidazole rings is 1. The van der Waals surface area contributed by atoms with Crippen LogP contribution in [0.5, 0.6) is 0 Å². The van der Waals surface area contributed by atoms with Gasteiger partial charge in [0.05, 0.1) is 19.5 Å². The normalized spacial score (nSPS) is 17.6. The Kier molecular flexibility index (Phi) is 7.68. The van der Waals surface area contributed by atoms with Crippen LogP contribution in [0.4, 0.5) is 11.8 Å². The van der Waals surface area contributed by atoms with Gasteiger partial charge in [-0.3, -0.25) is 4.18 Å². The van der Waals surface area contributed by atoms with Crippen LogP contribution < -0.4 is 15.8 Å². The smallest absolute Gasteiger partial charge is 0.333 e. The third-order valence-electron chi connectivity index (χ3n) is 7.25. The summed E-state index contributed by atoms with van der Waals surface area (Å²) >= 11 is 0. The topological polar surface area (TPSA) is 137 Å². The molecule has 4 N–H and O–H groups in total. The zero-order valence-corrected chi connectivity index (χ0v) is 21.3. The summed E-state index contributed by atoms with van der Waals surface area (Å²) in [5, 5.41) is 11.9. The molecule has 3 aromatic rings. The lowest BCUT2D eigenvalue weighted by Crippen LogP contribution is -2.19. The number of fused-ring (bicyclic) bond motifs is 1. The highest BCUT2D eigenvalue weighted by molar-refractivity contribution is 7.84. The van der Waals surface area contributed by atoms with Crippen molar-refractivity contribution in [2.24, 2.45) is 5.14 Å². The number of nitrogens with two attached hydrogens (primary N) is 1. The standard InChI is InChI=1S/C25H35N7O3S/c26-36(33,34)35-15-14-32-17-28-22-23(29-21-8-4-5-9-21)30-25(31-24(22)32)27-16-18-10-12-20(13-11-18)19-6-2-1-3-7-19/h10-13,17,19,21H,1-9,14-16H2,(H2,26,33,34)(H2,27,29,30,31). The van der Waals surface area contributed by atoms with Crippen LogP contribution in [0.15, 0.2) is 30.6 Å². The van der Waals surface area contributed by atoms with Gasteiger partial charge in [0, 0.05) is 12.6 Å². The average Bonchev–Trinajstić information content (AvgIpc) is 3.53. The van der Waals surface area contributed by atoms with E-state index in [0.717, 1.165) is 12.8 Å². The first-order chi connectivity index (χ1) is 17.4. The summed E-state index contributed by atoms with van der Waals surface area (Å²) in [6.07, 6.45) is 12.8. The van der Waals surface area contributed by atoms with E-state index in [4.69, 9.17) is 19.3 Å². The van der Waals surface area contributed by atoms with E-state index in [1.54, 1.807) is 10.9 Å². The van der Waals surface area contributed by atoms with Crippen molar-refractivity contribution in [1.29, 1.82) is 0 Å². The van der Waals surface area contributed by atoms with Gasteiger partial charge in [-0.1, -0.05) is 56.4 Å². The first-order valence-electron chi connectivity index (χ1n) is 12.9. The van der Waals surface area contributed by atoms with Gasteiger partial charge >= 0.3 is 10.3 Å². The van der Waals surface area contributed by atoms with E-state index < -0.39 is 10.3 Å². The molecule has 0 unspecified atom stereocenters. The van der Waals surface area contributed by atoms with Crippen molar-refractivity contribution in [2.75, 3.05) is 17.2 Å². The number of hydrogen-bond acceptors (Lipinski definition) is 8. The molecule has 2 aliphatic carbocycles. The fourth-order valence-electron chi connectivity index (χ4n) is 5.33. The van der Waals surface area contributed by atoms with Gasteiger partial charge < -0.3 is 15.2 Å². The van der Waals surface area contributed by atoms with Gasteiger partial charge in [0.1, 0.15) is 0 Å². The van der Waals surface area contributed by atoms with Crippen molar-refractivity contribution in [3.8, 4) is 0 Å². The van der Waals surface area contributed by atoms with Crippen molar-refractivity contribution in [2.45, 2.75) is 82.8 Å². The van der Waals surface area contributed by atoms with E-state index in [2.05, 4.69) is 39.9 Å². The summed E-state index contributed by atoms with van der Waals surface area (Å²) in [5.41, 5.74) is 3.86. The summed E-state index contributed by atoms with van der Waals surface area (Å²) in [7, 11) is -4.00. The summed E-state index contributed by atoms with van der Waals surface area (Å²) in [6.45, 7) is 0.743. The van der Waals surface area contributed by atoms with Crippen LogP contribution >= 0.6 is 0 Å². The van der Waals surface area contributed by atoms with Gasteiger partial charge in [-0.15, -0.1) is 0 Å². The second-order valence-electron chi connectivity index (χ2n) is 9.88. The Hall–Kier alpha value is -2.76. The Labute approximate surface area is 212 Å². The van der Waals surface area contributed by atoms with E-state index in [0.29, 0.717) is 41.4 Å². The van der Waals surface area contributed by atoms with E-state index in [9.17, 15) is 8.42 Å². The predicted octanol–water partition coefficient (Wildman–Crippen LogP) is 4.06. The van der Waals surface area contributed by atoms with Crippen LogP contribution in [-0.2, 0) is 27.6 Å². The molecule has 194 valence electrons. The Morgan fingerprint density at radius 1 is 1.00 bits per heavy atom. The van der Waals surface area contributed by atoms with Crippen LogP contribution in [0.2, 0.25) is 0 Å². The lowest BCUT2D eigenvalue weighted by atomic mass is 9.84. The molecule has 0 saturated heterocycles. The SMILES string of the molecule is NS(=O)(=O)OCCn1cnc2c(NC3CCCC3)nc(NCc3ccc(C4CCCCC4)cc3)nc21. The molecule has 2 heterocycles. The summed E-state index contributed by atoms with van der Waals surface area (Å²) in [6, 6.07) is 9.23. The zero-order valence-electron chi connectivity index (χ0n) is 20.5. The minimum absolute atomic E-state index is 0.101. The molecular weight excluding hydrogens is 478 g/mol. The van der Waals surface area contributed by atoms with Crippen LogP contribution in [0.25, 0.3) is 11.2 Å². The van der Waals surface area contributed by atoms with Gasteiger partial charge in [0.25, 0.3) is 0 Å². The van der Waals surface area contributed by atoms with Gasteiger partial charge in [-0.2, -0.15) is 18.4 Å². The third kappa shape index (κ3) is 6.32. The number of nitrogens with zero attached hydrogens (tertiary/aromatic N) is 4. The predicted molar refractivity (Wildman–Crippen MR) is 140 cm³/mol. The monoisotopic (exact) mass is 513 g/mol. The van der Waals surface area contributed by atoms with E-state index in [-0.39, 0.29) is 13.2 Å². The van der Waals surface area contributed by atoms with Crippen LogP contribution in [0.3, 0.4) is 0 Å². The van der Waals surface area contributed by atoms with Crippen LogP contribution in [0.1, 0.15) is 74.8 Å². The molecule has 2 aromatic heterocycles. The van der Waals surface area contributed by atoms with Crippen molar-refractivity contribution in [1.82, 2.24) is 19.5 Å². The number of hydrogen-bond donors (Lipinski definition) is 3. The fourth-order valence-corrected chi connectivity index (χ4v) is 5.63. The zero-order chi connectivity index (χ0) is 25.0. The van der Waals surface area contributed by atoms with Gasteiger partial charge in [0.2, 0.25) is 5.95 Å². The van der Waals surface area contributed by atoms with Crippen LogP contribution in [0, 0.1) is 0 Å². The number of aromatic nitrogens is 4. The van der Waals surface area contributed by atoms with Gasteiger partial charge in [-0.25, -0.2) is 10.1 Å². The minimum Gasteiger partial charge on any atom is -0.365 e. The van der Waals surface area contributed by atoms with E-state index >= 15 is 0 Å². The highest BCUT2D eigenvalue weighted by Gasteiger charge is 2.20. The molecule has 1 aromatic carbocycles. The van der Waals surface area contributed by atoms with Crippen molar-refractivity contribution in [3.05, 3.63) is 41.7 Å². The Morgan fingerprint density at radius 3 is 2.44 bits per heavy atom. The molecule has 10 nitrogen and oxygen atoms in total. The van der Waals surface area contributed by atoms with Crippen LogP contribution in [-0.4, -0.2) is 40.6 Å². The number of benzene rings is 1. The molecule has 0 aliphatic heterocycles.